The van der Waals surface area contributed by atoms with Crippen molar-refractivity contribution in [3.63, 3.8) is 0 Å². The van der Waals surface area contributed by atoms with Crippen molar-refractivity contribution in [3.05, 3.63) is 21.9 Å². The Bertz CT molecular complexity index is 355. The third-order valence-corrected chi connectivity index (χ3v) is 2.64. The van der Waals surface area contributed by atoms with Gasteiger partial charge in [0.2, 0.25) is 5.82 Å². The van der Waals surface area contributed by atoms with Gasteiger partial charge >= 0.3 is 0 Å². The fraction of sp³-hybridized carbons (Fsp3) is 0.400. The number of hydrogen-bond donors (Lipinski definition) is 2. The summed E-state index contributed by atoms with van der Waals surface area (Å²) in [6.45, 7) is 0.0310. The number of halogens is 2. The van der Waals surface area contributed by atoms with Gasteiger partial charge in [-0.1, -0.05) is 0 Å². The van der Waals surface area contributed by atoms with Crippen LogP contribution in [0.1, 0.15) is 12.0 Å². The Morgan fingerprint density at radius 3 is 2.73 bits per heavy atom. The molecule has 0 radical (unpaired) electrons. The maximum atomic E-state index is 13.5. The highest BCUT2D eigenvalue weighted by atomic mass is 79.9. The highest BCUT2D eigenvalue weighted by molar-refractivity contribution is 9.10. The zero-order chi connectivity index (χ0) is 11.4. The van der Waals surface area contributed by atoms with Crippen molar-refractivity contribution in [1.82, 2.24) is 0 Å². The number of rotatable bonds is 4. The van der Waals surface area contributed by atoms with Crippen LogP contribution in [-0.4, -0.2) is 23.9 Å². The number of aryl methyl sites for hydroxylation is 1. The number of benzene rings is 1. The van der Waals surface area contributed by atoms with E-state index in [0.717, 1.165) is 0 Å². The molecule has 1 aromatic rings. The zero-order valence-electron chi connectivity index (χ0n) is 8.26. The molecule has 0 saturated carbocycles. The Morgan fingerprint density at radius 2 is 2.20 bits per heavy atom. The van der Waals surface area contributed by atoms with Crippen LogP contribution in [0.4, 0.5) is 4.39 Å². The molecule has 0 spiro atoms. The van der Waals surface area contributed by atoms with Gasteiger partial charge in [-0.05, 0) is 40.4 Å². The fourth-order valence-electron chi connectivity index (χ4n) is 1.32. The summed E-state index contributed by atoms with van der Waals surface area (Å²) < 4.78 is 18.6. The lowest BCUT2D eigenvalue weighted by Gasteiger charge is -2.11. The summed E-state index contributed by atoms with van der Waals surface area (Å²) in [5.41, 5.74) is 0.619. The summed E-state index contributed by atoms with van der Waals surface area (Å²) in [6, 6.07) is 1.59. The number of hydrogen-bond acceptors (Lipinski definition) is 3. The molecule has 2 N–H and O–H groups in total. The quantitative estimate of drug-likeness (QED) is 0.888. The highest BCUT2D eigenvalue weighted by Gasteiger charge is 2.16. The second-order valence-corrected chi connectivity index (χ2v) is 3.89. The Kier molecular flexibility index (Phi) is 4.35. The molecule has 0 heterocycles. The molecule has 0 bridgehead atoms. The highest BCUT2D eigenvalue weighted by Crippen LogP contribution is 2.36. The van der Waals surface area contributed by atoms with Crippen LogP contribution in [0.3, 0.4) is 0 Å². The third kappa shape index (κ3) is 2.60. The molecule has 1 rings (SSSR count). The van der Waals surface area contributed by atoms with E-state index >= 15 is 0 Å². The van der Waals surface area contributed by atoms with E-state index in [2.05, 4.69) is 15.9 Å². The van der Waals surface area contributed by atoms with Crippen LogP contribution in [0.15, 0.2) is 10.5 Å². The van der Waals surface area contributed by atoms with Gasteiger partial charge in [0.15, 0.2) is 11.5 Å². The van der Waals surface area contributed by atoms with Crippen molar-refractivity contribution < 1.29 is 19.3 Å². The Labute approximate surface area is 95.6 Å². The van der Waals surface area contributed by atoms with Crippen molar-refractivity contribution in [2.75, 3.05) is 13.7 Å². The summed E-state index contributed by atoms with van der Waals surface area (Å²) >= 11 is 3.04. The van der Waals surface area contributed by atoms with Crippen molar-refractivity contribution in [3.8, 4) is 11.5 Å². The summed E-state index contributed by atoms with van der Waals surface area (Å²) in [7, 11) is 1.34. The Morgan fingerprint density at radius 1 is 1.53 bits per heavy atom. The number of phenolic OH excluding ortho intramolecular Hbond substituents is 1. The maximum absolute atomic E-state index is 13.5. The molecule has 0 aliphatic carbocycles. The van der Waals surface area contributed by atoms with Gasteiger partial charge in [0, 0.05) is 6.61 Å². The first-order valence-electron chi connectivity index (χ1n) is 4.46. The zero-order valence-corrected chi connectivity index (χ0v) is 9.84. The lowest BCUT2D eigenvalue weighted by atomic mass is 10.1. The number of aliphatic hydroxyl groups excluding tert-OH is 1. The monoisotopic (exact) mass is 278 g/mol. The van der Waals surface area contributed by atoms with Crippen LogP contribution in [0, 0.1) is 5.82 Å². The number of phenols is 1. The largest absolute Gasteiger partial charge is 0.504 e. The standard InChI is InChI=1S/C10H12BrFO3/c1-15-10-6(3-2-4-13)5-7(11)9(14)8(10)12/h5,13-14H,2-4H2,1H3. The fourth-order valence-corrected chi connectivity index (χ4v) is 1.77. The third-order valence-electron chi connectivity index (χ3n) is 2.03. The second-order valence-electron chi connectivity index (χ2n) is 3.04. The number of aliphatic hydroxyl groups is 1. The molecule has 0 fully saturated rings. The van der Waals surface area contributed by atoms with Crippen molar-refractivity contribution in [2.45, 2.75) is 12.8 Å². The van der Waals surface area contributed by atoms with E-state index in [1.54, 1.807) is 6.07 Å². The molecule has 15 heavy (non-hydrogen) atoms. The first-order chi connectivity index (χ1) is 7.11. The van der Waals surface area contributed by atoms with Gasteiger partial charge in [-0.15, -0.1) is 0 Å². The average Bonchev–Trinajstić information content (AvgIpc) is 2.23. The lowest BCUT2D eigenvalue weighted by molar-refractivity contribution is 0.287. The molecular formula is C10H12BrFO3. The molecule has 0 amide bonds. The van der Waals surface area contributed by atoms with Gasteiger partial charge in [-0.2, -0.15) is 4.39 Å². The first-order valence-corrected chi connectivity index (χ1v) is 5.25. The molecule has 0 aliphatic heterocycles. The SMILES string of the molecule is COc1c(CCCO)cc(Br)c(O)c1F. The van der Waals surface area contributed by atoms with Crippen LogP contribution >= 0.6 is 15.9 Å². The number of ether oxygens (including phenoxy) is 1. The van der Waals surface area contributed by atoms with Gasteiger partial charge < -0.3 is 14.9 Å². The molecule has 0 atom stereocenters. The molecule has 84 valence electrons. The number of methoxy groups -OCH3 is 1. The normalized spacial score (nSPS) is 10.4. The smallest absolute Gasteiger partial charge is 0.208 e. The minimum atomic E-state index is -0.778. The number of aromatic hydroxyl groups is 1. The molecule has 0 unspecified atom stereocenters. The lowest BCUT2D eigenvalue weighted by Crippen LogP contribution is -1.98. The maximum Gasteiger partial charge on any atom is 0.208 e. The van der Waals surface area contributed by atoms with E-state index in [4.69, 9.17) is 9.84 Å². The molecule has 5 heteroatoms. The summed E-state index contributed by atoms with van der Waals surface area (Å²) in [4.78, 5) is 0. The van der Waals surface area contributed by atoms with Gasteiger partial charge in [0.1, 0.15) is 0 Å². The predicted molar refractivity (Wildman–Crippen MR) is 57.7 cm³/mol. The molecule has 1 aromatic carbocycles. The van der Waals surface area contributed by atoms with E-state index in [1.807, 2.05) is 0 Å². The molecular weight excluding hydrogens is 267 g/mol. The van der Waals surface area contributed by atoms with Gasteiger partial charge in [0.05, 0.1) is 11.6 Å². The van der Waals surface area contributed by atoms with E-state index < -0.39 is 11.6 Å². The summed E-state index contributed by atoms with van der Waals surface area (Å²) in [5, 5.41) is 18.0. The Balaban J connectivity index is 3.13. The van der Waals surface area contributed by atoms with Crippen molar-refractivity contribution >= 4 is 15.9 Å². The van der Waals surface area contributed by atoms with Crippen molar-refractivity contribution in [2.24, 2.45) is 0 Å². The van der Waals surface area contributed by atoms with Gasteiger partial charge in [-0.3, -0.25) is 0 Å². The minimum Gasteiger partial charge on any atom is -0.504 e. The first kappa shape index (κ1) is 12.3. The van der Waals surface area contributed by atoms with Crippen LogP contribution in [0.2, 0.25) is 0 Å². The molecule has 0 aromatic heterocycles. The predicted octanol–water partition coefficient (Wildman–Crippen LogP) is 2.23. The van der Waals surface area contributed by atoms with Gasteiger partial charge in [0.25, 0.3) is 0 Å². The topological polar surface area (TPSA) is 49.7 Å². The van der Waals surface area contributed by atoms with Crippen LogP contribution in [-0.2, 0) is 6.42 Å². The summed E-state index contributed by atoms with van der Waals surface area (Å²) in [5.74, 6) is -1.21. The van der Waals surface area contributed by atoms with E-state index in [1.165, 1.54) is 7.11 Å². The molecule has 3 nitrogen and oxygen atoms in total. The Hall–Kier alpha value is -0.810. The van der Waals surface area contributed by atoms with E-state index in [9.17, 15) is 9.50 Å². The average molecular weight is 279 g/mol. The van der Waals surface area contributed by atoms with Crippen LogP contribution in [0.5, 0.6) is 11.5 Å². The second kappa shape index (κ2) is 5.32. The summed E-state index contributed by atoms with van der Waals surface area (Å²) in [6.07, 6.45) is 1.02. The molecule has 0 saturated heterocycles. The molecule has 0 aliphatic rings. The minimum absolute atomic E-state index is 0.0310. The van der Waals surface area contributed by atoms with E-state index in [-0.39, 0.29) is 16.8 Å². The van der Waals surface area contributed by atoms with Crippen LogP contribution < -0.4 is 4.74 Å². The van der Waals surface area contributed by atoms with Crippen LogP contribution in [0.25, 0.3) is 0 Å². The van der Waals surface area contributed by atoms with E-state index in [0.29, 0.717) is 18.4 Å². The van der Waals surface area contributed by atoms with Gasteiger partial charge in [-0.25, -0.2) is 0 Å². The van der Waals surface area contributed by atoms with Crippen molar-refractivity contribution in [1.29, 1.82) is 0 Å².